The molecule has 1 N–H and O–H groups in total. The summed E-state index contributed by atoms with van der Waals surface area (Å²) in [5.74, 6) is 0. The number of hydrogen-bond acceptors (Lipinski definition) is 4. The van der Waals surface area contributed by atoms with Crippen molar-refractivity contribution in [1.29, 1.82) is 0 Å². The highest BCUT2D eigenvalue weighted by Crippen LogP contribution is 2.27. The lowest BCUT2D eigenvalue weighted by atomic mass is 10.2. The SMILES string of the molecule is Cc1nc(CN(C)c2ccc(CNC(C)C)cc2Cl)cs1. The van der Waals surface area contributed by atoms with Gasteiger partial charge >= 0.3 is 0 Å². The first-order valence-electron chi connectivity index (χ1n) is 7.09. The monoisotopic (exact) mass is 323 g/mol. The Morgan fingerprint density at radius 1 is 1.38 bits per heavy atom. The van der Waals surface area contributed by atoms with Crippen molar-refractivity contribution in [2.24, 2.45) is 0 Å². The fourth-order valence-electron chi connectivity index (χ4n) is 2.10. The van der Waals surface area contributed by atoms with Gasteiger partial charge in [0.05, 0.1) is 28.0 Å². The molecule has 0 unspecified atom stereocenters. The van der Waals surface area contributed by atoms with Crippen LogP contribution in [0.25, 0.3) is 0 Å². The van der Waals surface area contributed by atoms with Crippen LogP contribution in [0.5, 0.6) is 0 Å². The zero-order valence-electron chi connectivity index (χ0n) is 13.0. The fourth-order valence-corrected chi connectivity index (χ4v) is 3.05. The Morgan fingerprint density at radius 2 is 2.14 bits per heavy atom. The van der Waals surface area contributed by atoms with Crippen LogP contribution in [0.4, 0.5) is 5.69 Å². The zero-order chi connectivity index (χ0) is 15.4. The topological polar surface area (TPSA) is 28.2 Å². The molecule has 3 nitrogen and oxygen atoms in total. The number of nitrogens with zero attached hydrogens (tertiary/aromatic N) is 2. The Hall–Kier alpha value is -1.10. The molecular weight excluding hydrogens is 302 g/mol. The van der Waals surface area contributed by atoms with E-state index in [1.54, 1.807) is 11.3 Å². The van der Waals surface area contributed by atoms with E-state index in [4.69, 9.17) is 11.6 Å². The normalized spacial score (nSPS) is 11.1. The van der Waals surface area contributed by atoms with Crippen LogP contribution in [0.15, 0.2) is 23.6 Å². The highest BCUT2D eigenvalue weighted by atomic mass is 35.5. The predicted molar refractivity (Wildman–Crippen MR) is 92.4 cm³/mol. The molecule has 0 amide bonds. The van der Waals surface area contributed by atoms with Gasteiger partial charge < -0.3 is 10.2 Å². The quantitative estimate of drug-likeness (QED) is 0.861. The summed E-state index contributed by atoms with van der Waals surface area (Å²) < 4.78 is 0. The lowest BCUT2D eigenvalue weighted by molar-refractivity contribution is 0.589. The van der Waals surface area contributed by atoms with E-state index in [1.165, 1.54) is 5.56 Å². The van der Waals surface area contributed by atoms with E-state index in [1.807, 2.05) is 20.0 Å². The second-order valence-corrected chi connectivity index (χ2v) is 7.00. The number of aromatic nitrogens is 1. The van der Waals surface area contributed by atoms with E-state index in [9.17, 15) is 0 Å². The van der Waals surface area contributed by atoms with Crippen molar-refractivity contribution < 1.29 is 0 Å². The standard InChI is InChI=1S/C16H22ClN3S/c1-11(2)18-8-13-5-6-16(15(17)7-13)20(4)9-14-10-21-12(3)19-14/h5-7,10-11,18H,8-9H2,1-4H3. The average molecular weight is 324 g/mol. The van der Waals surface area contributed by atoms with Crippen LogP contribution in [-0.2, 0) is 13.1 Å². The van der Waals surface area contributed by atoms with Crippen molar-refractivity contribution in [2.75, 3.05) is 11.9 Å². The molecule has 0 spiro atoms. The van der Waals surface area contributed by atoms with E-state index in [0.29, 0.717) is 6.04 Å². The molecule has 0 radical (unpaired) electrons. The first-order chi connectivity index (χ1) is 9.95. The smallest absolute Gasteiger partial charge is 0.0898 e. The predicted octanol–water partition coefficient (Wildman–Crippen LogP) is 4.24. The minimum absolute atomic E-state index is 0.471. The van der Waals surface area contributed by atoms with Crippen molar-refractivity contribution in [3.63, 3.8) is 0 Å². The molecule has 0 aliphatic carbocycles. The van der Waals surface area contributed by atoms with Gasteiger partial charge in [-0.15, -0.1) is 11.3 Å². The van der Waals surface area contributed by atoms with E-state index < -0.39 is 0 Å². The number of halogens is 1. The van der Waals surface area contributed by atoms with Gasteiger partial charge in [-0.1, -0.05) is 31.5 Å². The lowest BCUT2D eigenvalue weighted by Gasteiger charge is -2.20. The third-order valence-electron chi connectivity index (χ3n) is 3.20. The van der Waals surface area contributed by atoms with Gasteiger partial charge in [-0.05, 0) is 24.6 Å². The molecule has 0 atom stereocenters. The van der Waals surface area contributed by atoms with E-state index in [2.05, 4.69) is 46.6 Å². The molecule has 114 valence electrons. The molecule has 0 bridgehead atoms. The maximum atomic E-state index is 6.42. The van der Waals surface area contributed by atoms with Crippen molar-refractivity contribution in [2.45, 2.75) is 39.9 Å². The molecule has 0 saturated heterocycles. The van der Waals surface area contributed by atoms with Crippen LogP contribution >= 0.6 is 22.9 Å². The first kappa shape index (κ1) is 16.3. The van der Waals surface area contributed by atoms with Crippen LogP contribution in [-0.4, -0.2) is 18.1 Å². The summed E-state index contributed by atoms with van der Waals surface area (Å²) >= 11 is 8.10. The molecule has 5 heteroatoms. The highest BCUT2D eigenvalue weighted by molar-refractivity contribution is 7.09. The molecule has 0 fully saturated rings. The highest BCUT2D eigenvalue weighted by Gasteiger charge is 2.09. The maximum Gasteiger partial charge on any atom is 0.0898 e. The molecular formula is C16H22ClN3S. The van der Waals surface area contributed by atoms with Crippen LogP contribution < -0.4 is 10.2 Å². The number of hydrogen-bond donors (Lipinski definition) is 1. The Kier molecular flexibility index (Phi) is 5.62. The summed E-state index contributed by atoms with van der Waals surface area (Å²) in [4.78, 5) is 6.63. The third-order valence-corrected chi connectivity index (χ3v) is 4.33. The second-order valence-electron chi connectivity index (χ2n) is 5.54. The Bertz CT molecular complexity index is 595. The summed E-state index contributed by atoms with van der Waals surface area (Å²) in [7, 11) is 2.04. The summed E-state index contributed by atoms with van der Waals surface area (Å²) in [6.07, 6.45) is 0. The number of aryl methyl sites for hydroxylation is 1. The Labute approximate surface area is 136 Å². The molecule has 0 aliphatic heterocycles. The molecule has 2 rings (SSSR count). The third kappa shape index (κ3) is 4.70. The van der Waals surface area contributed by atoms with E-state index in [0.717, 1.165) is 34.5 Å². The number of anilines is 1. The minimum atomic E-state index is 0.471. The summed E-state index contributed by atoms with van der Waals surface area (Å²) in [5, 5.41) is 7.38. The van der Waals surface area contributed by atoms with E-state index in [-0.39, 0.29) is 0 Å². The van der Waals surface area contributed by atoms with Gasteiger partial charge in [0.25, 0.3) is 0 Å². The largest absolute Gasteiger partial charge is 0.367 e. The molecule has 1 heterocycles. The fraction of sp³-hybridized carbons (Fsp3) is 0.438. The maximum absolute atomic E-state index is 6.42. The zero-order valence-corrected chi connectivity index (χ0v) is 14.6. The van der Waals surface area contributed by atoms with Crippen LogP contribution in [0.2, 0.25) is 5.02 Å². The molecule has 1 aromatic heterocycles. The van der Waals surface area contributed by atoms with Crippen LogP contribution in [0.3, 0.4) is 0 Å². The van der Waals surface area contributed by atoms with Gasteiger partial charge in [-0.3, -0.25) is 0 Å². The number of nitrogens with one attached hydrogen (secondary N) is 1. The van der Waals surface area contributed by atoms with Gasteiger partial charge in [-0.2, -0.15) is 0 Å². The molecule has 1 aromatic carbocycles. The summed E-state index contributed by atoms with van der Waals surface area (Å²) in [6.45, 7) is 7.91. The van der Waals surface area contributed by atoms with Gasteiger partial charge in [0.15, 0.2) is 0 Å². The molecule has 2 aromatic rings. The summed E-state index contributed by atoms with van der Waals surface area (Å²) in [6, 6.07) is 6.71. The van der Waals surface area contributed by atoms with Gasteiger partial charge in [0.1, 0.15) is 0 Å². The second kappa shape index (κ2) is 7.25. The van der Waals surface area contributed by atoms with Crippen molar-refractivity contribution in [1.82, 2.24) is 10.3 Å². The average Bonchev–Trinajstić information content (AvgIpc) is 2.81. The number of benzene rings is 1. The van der Waals surface area contributed by atoms with Gasteiger partial charge in [-0.25, -0.2) is 4.98 Å². The van der Waals surface area contributed by atoms with Crippen molar-refractivity contribution in [3.05, 3.63) is 44.9 Å². The van der Waals surface area contributed by atoms with Crippen LogP contribution in [0.1, 0.15) is 30.1 Å². The number of thiazole rings is 1. The van der Waals surface area contributed by atoms with Gasteiger partial charge in [0.2, 0.25) is 0 Å². The van der Waals surface area contributed by atoms with Crippen molar-refractivity contribution in [3.8, 4) is 0 Å². The first-order valence-corrected chi connectivity index (χ1v) is 8.35. The number of rotatable bonds is 6. The Morgan fingerprint density at radius 3 is 2.71 bits per heavy atom. The van der Waals surface area contributed by atoms with Gasteiger partial charge in [0, 0.05) is 25.0 Å². The molecule has 21 heavy (non-hydrogen) atoms. The van der Waals surface area contributed by atoms with Crippen LogP contribution in [0, 0.1) is 6.92 Å². The summed E-state index contributed by atoms with van der Waals surface area (Å²) in [5.41, 5.74) is 3.33. The van der Waals surface area contributed by atoms with E-state index >= 15 is 0 Å². The minimum Gasteiger partial charge on any atom is -0.367 e. The Balaban J connectivity index is 2.05. The lowest BCUT2D eigenvalue weighted by Crippen LogP contribution is -2.22. The van der Waals surface area contributed by atoms with Crippen molar-refractivity contribution >= 4 is 28.6 Å². The molecule has 0 saturated carbocycles. The molecule has 0 aliphatic rings.